The molecule has 0 radical (unpaired) electrons. The maximum absolute atomic E-state index is 8.99. The summed E-state index contributed by atoms with van der Waals surface area (Å²) >= 11 is 5.13. The average molecular weight is 308 g/mol. The molecule has 0 aliphatic carbocycles. The molecule has 17 heavy (non-hydrogen) atoms. The molecular formula is C12H10BrN3S. The van der Waals surface area contributed by atoms with E-state index >= 15 is 0 Å². The molecule has 0 aromatic carbocycles. The minimum Gasteiger partial charge on any atom is -0.367 e. The van der Waals surface area contributed by atoms with Crippen molar-refractivity contribution in [2.24, 2.45) is 0 Å². The maximum Gasteiger partial charge on any atom is 0.163 e. The fourth-order valence-electron chi connectivity index (χ4n) is 1.55. The normalized spacial score (nSPS) is 9.94. The molecule has 0 bridgehead atoms. The highest BCUT2D eigenvalue weighted by molar-refractivity contribution is 9.10. The summed E-state index contributed by atoms with van der Waals surface area (Å²) in [6, 6.07) is 7.95. The fourth-order valence-corrected chi connectivity index (χ4v) is 3.05. The predicted molar refractivity (Wildman–Crippen MR) is 73.1 cm³/mol. The van der Waals surface area contributed by atoms with Crippen LogP contribution in [0.15, 0.2) is 34.2 Å². The van der Waals surface area contributed by atoms with E-state index in [1.54, 1.807) is 17.5 Å². The molecule has 0 fully saturated rings. The molecule has 0 spiro atoms. The van der Waals surface area contributed by atoms with Crippen LogP contribution in [-0.4, -0.2) is 12.0 Å². The summed E-state index contributed by atoms with van der Waals surface area (Å²) < 4.78 is 1.09. The highest BCUT2D eigenvalue weighted by Gasteiger charge is 2.09. The van der Waals surface area contributed by atoms with Crippen LogP contribution in [0, 0.1) is 11.3 Å². The summed E-state index contributed by atoms with van der Waals surface area (Å²) in [4.78, 5) is 7.33. The van der Waals surface area contributed by atoms with Crippen molar-refractivity contribution in [1.29, 1.82) is 5.26 Å². The molecule has 0 atom stereocenters. The summed E-state index contributed by atoms with van der Waals surface area (Å²) in [5.41, 5.74) is 1.32. The van der Waals surface area contributed by atoms with E-state index in [2.05, 4.69) is 38.4 Å². The SMILES string of the molecule is CN(Cc1cc(Br)cs1)c1cccnc1C#N. The van der Waals surface area contributed by atoms with Crippen molar-refractivity contribution in [3.8, 4) is 6.07 Å². The Hall–Kier alpha value is -1.38. The van der Waals surface area contributed by atoms with Gasteiger partial charge in [0.05, 0.1) is 12.2 Å². The lowest BCUT2D eigenvalue weighted by atomic mass is 10.3. The van der Waals surface area contributed by atoms with E-state index in [0.29, 0.717) is 5.69 Å². The number of rotatable bonds is 3. The quantitative estimate of drug-likeness (QED) is 0.872. The van der Waals surface area contributed by atoms with E-state index in [9.17, 15) is 0 Å². The number of hydrogen-bond acceptors (Lipinski definition) is 4. The Morgan fingerprint density at radius 1 is 1.59 bits per heavy atom. The van der Waals surface area contributed by atoms with Crippen LogP contribution in [0.2, 0.25) is 0 Å². The maximum atomic E-state index is 8.99. The Morgan fingerprint density at radius 3 is 3.06 bits per heavy atom. The van der Waals surface area contributed by atoms with E-state index in [4.69, 9.17) is 5.26 Å². The molecule has 0 amide bonds. The summed E-state index contributed by atoms with van der Waals surface area (Å²) in [6.45, 7) is 0.774. The molecular weight excluding hydrogens is 298 g/mol. The lowest BCUT2D eigenvalue weighted by Gasteiger charge is -2.18. The first kappa shape index (κ1) is 12.1. The van der Waals surface area contributed by atoms with Crippen molar-refractivity contribution >= 4 is 33.0 Å². The van der Waals surface area contributed by atoms with Crippen LogP contribution in [0.1, 0.15) is 10.6 Å². The smallest absolute Gasteiger partial charge is 0.163 e. The Bertz CT molecular complexity index is 559. The molecule has 2 aromatic heterocycles. The molecule has 0 saturated heterocycles. The van der Waals surface area contributed by atoms with Crippen LogP contribution in [-0.2, 0) is 6.54 Å². The summed E-state index contributed by atoms with van der Waals surface area (Å²) in [5.74, 6) is 0. The van der Waals surface area contributed by atoms with Crippen LogP contribution in [0.3, 0.4) is 0 Å². The van der Waals surface area contributed by atoms with Gasteiger partial charge in [0.2, 0.25) is 0 Å². The van der Waals surface area contributed by atoms with Gasteiger partial charge >= 0.3 is 0 Å². The minimum absolute atomic E-state index is 0.464. The molecule has 0 N–H and O–H groups in total. The third-order valence-electron chi connectivity index (χ3n) is 2.32. The predicted octanol–water partition coefficient (Wildman–Crippen LogP) is 3.41. The van der Waals surface area contributed by atoms with Crippen molar-refractivity contribution < 1.29 is 0 Å². The molecule has 0 saturated carbocycles. The van der Waals surface area contributed by atoms with Crippen LogP contribution >= 0.6 is 27.3 Å². The van der Waals surface area contributed by atoms with E-state index in [0.717, 1.165) is 16.7 Å². The van der Waals surface area contributed by atoms with Crippen molar-refractivity contribution in [3.05, 3.63) is 44.8 Å². The molecule has 2 heterocycles. The highest BCUT2D eigenvalue weighted by atomic mass is 79.9. The molecule has 2 aromatic rings. The number of anilines is 1. The third-order valence-corrected chi connectivity index (χ3v) is 4.00. The number of hydrogen-bond donors (Lipinski definition) is 0. The topological polar surface area (TPSA) is 39.9 Å². The van der Waals surface area contributed by atoms with Crippen molar-refractivity contribution in [2.45, 2.75) is 6.54 Å². The molecule has 86 valence electrons. The molecule has 3 nitrogen and oxygen atoms in total. The van der Waals surface area contributed by atoms with Gasteiger partial charge in [-0.05, 0) is 34.1 Å². The number of halogens is 1. The van der Waals surface area contributed by atoms with Crippen LogP contribution in [0.4, 0.5) is 5.69 Å². The molecule has 5 heteroatoms. The van der Waals surface area contributed by atoms with E-state index in [-0.39, 0.29) is 0 Å². The zero-order chi connectivity index (χ0) is 12.3. The number of aromatic nitrogens is 1. The summed E-state index contributed by atoms with van der Waals surface area (Å²) in [6.07, 6.45) is 1.64. The first-order chi connectivity index (χ1) is 8.20. The van der Waals surface area contributed by atoms with Crippen molar-refractivity contribution in [1.82, 2.24) is 4.98 Å². The van der Waals surface area contributed by atoms with Crippen molar-refractivity contribution in [2.75, 3.05) is 11.9 Å². The van der Waals surface area contributed by atoms with Gasteiger partial charge in [-0.3, -0.25) is 0 Å². The van der Waals surface area contributed by atoms with Gasteiger partial charge in [-0.15, -0.1) is 11.3 Å². The molecule has 2 rings (SSSR count). The zero-order valence-corrected chi connectivity index (χ0v) is 11.6. The molecule has 0 unspecified atom stereocenters. The summed E-state index contributed by atoms with van der Waals surface area (Å²) in [7, 11) is 1.96. The first-order valence-corrected chi connectivity index (χ1v) is 6.67. The second-order valence-corrected chi connectivity index (χ2v) is 5.48. The lowest BCUT2D eigenvalue weighted by Crippen LogP contribution is -2.17. The zero-order valence-electron chi connectivity index (χ0n) is 9.22. The van der Waals surface area contributed by atoms with Crippen molar-refractivity contribution in [3.63, 3.8) is 0 Å². The number of thiophene rings is 1. The van der Waals surface area contributed by atoms with Gasteiger partial charge in [0, 0.05) is 28.0 Å². The molecule has 0 aliphatic heterocycles. The van der Waals surface area contributed by atoms with Gasteiger partial charge in [0.25, 0.3) is 0 Å². The highest BCUT2D eigenvalue weighted by Crippen LogP contribution is 2.24. The lowest BCUT2D eigenvalue weighted by molar-refractivity contribution is 0.930. The minimum atomic E-state index is 0.464. The Morgan fingerprint density at radius 2 is 2.41 bits per heavy atom. The standard InChI is InChI=1S/C12H10BrN3S/c1-16(7-10-5-9(13)8-17-10)12-3-2-4-15-11(12)6-14/h2-5,8H,7H2,1H3. The van der Waals surface area contributed by atoms with Gasteiger partial charge in [0.1, 0.15) is 6.07 Å². The van der Waals surface area contributed by atoms with E-state index in [1.807, 2.05) is 24.1 Å². The monoisotopic (exact) mass is 307 g/mol. The van der Waals surface area contributed by atoms with Gasteiger partial charge < -0.3 is 4.90 Å². The number of nitriles is 1. The van der Waals surface area contributed by atoms with Gasteiger partial charge in [-0.25, -0.2) is 4.98 Å². The number of pyridine rings is 1. The fraction of sp³-hybridized carbons (Fsp3) is 0.167. The molecule has 0 aliphatic rings. The third kappa shape index (κ3) is 2.84. The van der Waals surface area contributed by atoms with Gasteiger partial charge in [-0.2, -0.15) is 5.26 Å². The Labute approximate surface area is 112 Å². The van der Waals surface area contributed by atoms with Crippen LogP contribution in [0.5, 0.6) is 0 Å². The van der Waals surface area contributed by atoms with Gasteiger partial charge in [0.15, 0.2) is 5.69 Å². The van der Waals surface area contributed by atoms with Crippen LogP contribution < -0.4 is 4.90 Å². The summed E-state index contributed by atoms with van der Waals surface area (Å²) in [5, 5.41) is 11.0. The van der Waals surface area contributed by atoms with E-state index in [1.165, 1.54) is 4.88 Å². The Kier molecular flexibility index (Phi) is 3.77. The van der Waals surface area contributed by atoms with Crippen LogP contribution in [0.25, 0.3) is 0 Å². The second-order valence-electron chi connectivity index (χ2n) is 3.57. The average Bonchev–Trinajstić information content (AvgIpc) is 2.74. The first-order valence-electron chi connectivity index (χ1n) is 5.00. The van der Waals surface area contributed by atoms with E-state index < -0.39 is 0 Å². The van der Waals surface area contributed by atoms with Gasteiger partial charge in [-0.1, -0.05) is 0 Å². The Balaban J connectivity index is 2.20. The number of nitrogens with zero attached hydrogens (tertiary/aromatic N) is 3. The largest absolute Gasteiger partial charge is 0.367 e. The second kappa shape index (κ2) is 5.30.